The summed E-state index contributed by atoms with van der Waals surface area (Å²) >= 11 is 0. The van der Waals surface area contributed by atoms with Crippen LogP contribution in [0.15, 0.2) is 66.7 Å². The van der Waals surface area contributed by atoms with Crippen LogP contribution in [0.3, 0.4) is 0 Å². The largest absolute Gasteiger partial charge is 0.508 e. The highest BCUT2D eigenvalue weighted by Gasteiger charge is 2.28. The number of para-hydroxylation sites is 1. The summed E-state index contributed by atoms with van der Waals surface area (Å²) < 4.78 is 11.9. The summed E-state index contributed by atoms with van der Waals surface area (Å²) in [4.78, 5) is 54.9. The Bertz CT molecular complexity index is 1560. The van der Waals surface area contributed by atoms with Gasteiger partial charge in [0.1, 0.15) is 42.5 Å². The molecule has 4 rings (SSSR count). The number of nitrogens with one attached hydrogen (secondary N) is 3. The molecule has 11 heteroatoms. The Morgan fingerprint density at radius 2 is 1.81 bits per heavy atom. The number of phenols is 1. The molecule has 0 aliphatic carbocycles. The zero-order valence-electron chi connectivity index (χ0n) is 27.4. The lowest BCUT2D eigenvalue weighted by molar-refractivity contribution is -0.135. The molecule has 3 aromatic rings. The third-order valence-electron chi connectivity index (χ3n) is 7.93. The van der Waals surface area contributed by atoms with Gasteiger partial charge in [-0.2, -0.15) is 0 Å². The van der Waals surface area contributed by atoms with Crippen LogP contribution in [0.2, 0.25) is 0 Å². The normalized spacial score (nSPS) is 17.8. The maximum atomic E-state index is 13.5. The number of likely N-dealkylation sites (N-methyl/N-ethyl adjacent to an activating group) is 1. The minimum Gasteiger partial charge on any atom is -0.508 e. The number of rotatable bonds is 8. The fourth-order valence-corrected chi connectivity index (χ4v) is 5.27. The van der Waals surface area contributed by atoms with Crippen LogP contribution >= 0.6 is 0 Å². The van der Waals surface area contributed by atoms with Crippen molar-refractivity contribution in [2.45, 2.75) is 58.0 Å². The van der Waals surface area contributed by atoms with Crippen molar-refractivity contribution in [3.63, 3.8) is 0 Å². The van der Waals surface area contributed by atoms with Crippen LogP contribution in [-0.4, -0.2) is 79.1 Å². The van der Waals surface area contributed by atoms with Gasteiger partial charge in [-0.3, -0.25) is 19.2 Å². The fraction of sp³-hybridized carbons (Fsp3) is 0.389. The standard InChI is InChI=1S/C36H44N4O7/c1-23(2)27-14-9-24(3)21-32(27)46-19-17-37-35(44)29-15-16-33(42)38-30(22-25-10-12-26(41)13-11-25)36(45)40(4)18-20-47-31-8-6-5-7-28(31)34(43)39-29/h5-14,21,23,29-30,41H,15-20,22H2,1-4H3,(H,37,44)(H,38,42)(H,39,43)/t29-,30-/m0/s1. The molecule has 0 aromatic heterocycles. The average molecular weight is 645 g/mol. The van der Waals surface area contributed by atoms with Crippen LogP contribution in [0.5, 0.6) is 17.2 Å². The lowest BCUT2D eigenvalue weighted by Gasteiger charge is -2.25. The molecule has 0 unspecified atom stereocenters. The van der Waals surface area contributed by atoms with E-state index < -0.39 is 29.8 Å². The highest BCUT2D eigenvalue weighted by molar-refractivity contribution is 5.99. The lowest BCUT2D eigenvalue weighted by atomic mass is 10.0. The van der Waals surface area contributed by atoms with E-state index in [1.165, 1.54) is 17.0 Å². The van der Waals surface area contributed by atoms with Gasteiger partial charge in [0.15, 0.2) is 0 Å². The van der Waals surface area contributed by atoms with Crippen LogP contribution in [0.1, 0.15) is 59.7 Å². The highest BCUT2D eigenvalue weighted by Crippen LogP contribution is 2.27. The minimum atomic E-state index is -1.05. The molecule has 0 radical (unpaired) electrons. The number of phenolic OH excluding ortho intramolecular Hbond substituents is 1. The van der Waals surface area contributed by atoms with Crippen molar-refractivity contribution >= 4 is 23.6 Å². The Morgan fingerprint density at radius 1 is 1.06 bits per heavy atom. The third kappa shape index (κ3) is 9.96. The van der Waals surface area contributed by atoms with Crippen molar-refractivity contribution in [3.8, 4) is 17.2 Å². The fourth-order valence-electron chi connectivity index (χ4n) is 5.27. The van der Waals surface area contributed by atoms with Gasteiger partial charge in [0.05, 0.1) is 18.7 Å². The van der Waals surface area contributed by atoms with Crippen molar-refractivity contribution in [2.24, 2.45) is 0 Å². The van der Waals surface area contributed by atoms with E-state index in [1.54, 1.807) is 43.4 Å². The number of hydrogen-bond donors (Lipinski definition) is 4. The number of benzene rings is 3. The topological polar surface area (TPSA) is 146 Å². The number of fused-ring (bicyclic) bond motifs is 1. The molecule has 250 valence electrons. The zero-order chi connectivity index (χ0) is 33.9. The van der Waals surface area contributed by atoms with Crippen molar-refractivity contribution in [1.29, 1.82) is 0 Å². The number of amides is 4. The third-order valence-corrected chi connectivity index (χ3v) is 7.93. The van der Waals surface area contributed by atoms with Gasteiger partial charge in [0.2, 0.25) is 17.7 Å². The first-order valence-corrected chi connectivity index (χ1v) is 15.9. The first-order valence-electron chi connectivity index (χ1n) is 15.9. The molecular formula is C36H44N4O7. The zero-order valence-corrected chi connectivity index (χ0v) is 27.4. The SMILES string of the molecule is Cc1ccc(C(C)C)c(OCCNC(=O)[C@@H]2CCC(=O)N[C@@H](Cc3ccc(O)cc3)C(=O)N(C)CCOc3ccccc3C(=O)N2)c1. The van der Waals surface area contributed by atoms with Crippen LogP contribution in [0.4, 0.5) is 0 Å². The Hall–Kier alpha value is -5.06. The van der Waals surface area contributed by atoms with Crippen LogP contribution in [0.25, 0.3) is 0 Å². The molecule has 1 heterocycles. The molecule has 0 fully saturated rings. The van der Waals surface area contributed by atoms with Gasteiger partial charge in [-0.1, -0.05) is 50.2 Å². The van der Waals surface area contributed by atoms with Crippen molar-refractivity contribution < 1.29 is 33.8 Å². The number of ether oxygens (including phenoxy) is 2. The van der Waals surface area contributed by atoms with E-state index in [0.717, 1.165) is 22.4 Å². The predicted molar refractivity (Wildman–Crippen MR) is 178 cm³/mol. The van der Waals surface area contributed by atoms with Gasteiger partial charge in [-0.15, -0.1) is 0 Å². The summed E-state index contributed by atoms with van der Waals surface area (Å²) in [6.07, 6.45) is 0.0503. The highest BCUT2D eigenvalue weighted by atomic mass is 16.5. The molecule has 4 amide bonds. The molecule has 0 bridgehead atoms. The maximum absolute atomic E-state index is 13.5. The monoisotopic (exact) mass is 644 g/mol. The van der Waals surface area contributed by atoms with E-state index in [-0.39, 0.29) is 68.7 Å². The van der Waals surface area contributed by atoms with Gasteiger partial charge in [0.25, 0.3) is 5.91 Å². The molecule has 0 saturated heterocycles. The Balaban J connectivity index is 1.50. The second-order valence-electron chi connectivity index (χ2n) is 12.0. The van der Waals surface area contributed by atoms with Crippen molar-refractivity contribution in [1.82, 2.24) is 20.9 Å². The molecule has 4 N–H and O–H groups in total. The first-order chi connectivity index (χ1) is 22.5. The van der Waals surface area contributed by atoms with Crippen LogP contribution < -0.4 is 25.4 Å². The molecule has 0 spiro atoms. The van der Waals surface area contributed by atoms with E-state index in [4.69, 9.17) is 9.47 Å². The molecule has 1 aliphatic rings. The second-order valence-corrected chi connectivity index (χ2v) is 12.0. The van der Waals surface area contributed by atoms with E-state index in [9.17, 15) is 24.3 Å². The number of hydrogen-bond acceptors (Lipinski definition) is 7. The summed E-state index contributed by atoms with van der Waals surface area (Å²) in [5, 5.41) is 18.1. The summed E-state index contributed by atoms with van der Waals surface area (Å²) in [7, 11) is 1.62. The number of carbonyl (C=O) groups excluding carboxylic acids is 4. The second kappa shape index (κ2) is 16.5. The molecule has 11 nitrogen and oxygen atoms in total. The summed E-state index contributed by atoms with van der Waals surface area (Å²) in [5.74, 6) is -0.346. The minimum absolute atomic E-state index is 0.0153. The van der Waals surface area contributed by atoms with Gasteiger partial charge in [-0.25, -0.2) is 0 Å². The van der Waals surface area contributed by atoms with Crippen molar-refractivity contribution in [2.75, 3.05) is 33.4 Å². The van der Waals surface area contributed by atoms with Crippen LogP contribution in [0, 0.1) is 6.92 Å². The molecule has 47 heavy (non-hydrogen) atoms. The Labute approximate surface area is 275 Å². The number of aryl methyl sites for hydroxylation is 1. The predicted octanol–water partition coefficient (Wildman–Crippen LogP) is 3.48. The molecule has 2 atom stereocenters. The molecule has 1 aliphatic heterocycles. The quantitative estimate of drug-likeness (QED) is 0.275. The molecular weight excluding hydrogens is 600 g/mol. The van der Waals surface area contributed by atoms with Gasteiger partial charge >= 0.3 is 0 Å². The Morgan fingerprint density at radius 3 is 2.55 bits per heavy atom. The van der Waals surface area contributed by atoms with Crippen molar-refractivity contribution in [3.05, 3.63) is 89.0 Å². The summed E-state index contributed by atoms with van der Waals surface area (Å²) in [6, 6.07) is 17.2. The molecule has 0 saturated carbocycles. The van der Waals surface area contributed by atoms with Gasteiger partial charge < -0.3 is 35.4 Å². The summed E-state index contributed by atoms with van der Waals surface area (Å²) in [6.45, 7) is 6.83. The average Bonchev–Trinajstić information content (AvgIpc) is 3.05. The van der Waals surface area contributed by atoms with E-state index >= 15 is 0 Å². The van der Waals surface area contributed by atoms with E-state index in [1.807, 2.05) is 25.1 Å². The van der Waals surface area contributed by atoms with E-state index in [0.29, 0.717) is 5.75 Å². The maximum Gasteiger partial charge on any atom is 0.255 e. The summed E-state index contributed by atoms with van der Waals surface area (Å²) in [5.41, 5.74) is 3.10. The first kappa shape index (κ1) is 34.8. The van der Waals surface area contributed by atoms with E-state index in [2.05, 4.69) is 29.8 Å². The number of carbonyl (C=O) groups is 4. The number of nitrogens with zero attached hydrogens (tertiary/aromatic N) is 1. The molecule has 3 aromatic carbocycles. The number of aromatic hydroxyl groups is 1. The van der Waals surface area contributed by atoms with Crippen LogP contribution in [-0.2, 0) is 20.8 Å². The van der Waals surface area contributed by atoms with Gasteiger partial charge in [-0.05, 0) is 66.3 Å². The van der Waals surface area contributed by atoms with Gasteiger partial charge in [0, 0.05) is 19.9 Å². The lowest BCUT2D eigenvalue weighted by Crippen LogP contribution is -2.50. The Kier molecular flexibility index (Phi) is 12.2. The smallest absolute Gasteiger partial charge is 0.255 e.